The van der Waals surface area contributed by atoms with Crippen molar-refractivity contribution in [3.63, 3.8) is 0 Å². The number of likely N-dealkylation sites (N-methyl/N-ethyl adjacent to an activating group) is 1. The molecule has 11 heavy (non-hydrogen) atoms. The van der Waals surface area contributed by atoms with E-state index in [1.165, 1.54) is 0 Å². The number of carbonyl (C=O) groups excluding carboxylic acids is 1. The van der Waals surface area contributed by atoms with Crippen LogP contribution in [0.5, 0.6) is 0 Å². The topological polar surface area (TPSA) is 20.3 Å². The molecule has 0 N–H and O–H groups in total. The molecule has 0 bridgehead atoms. The quantitative estimate of drug-likeness (QED) is 0.599. The molecule has 1 aliphatic rings. The van der Waals surface area contributed by atoms with Crippen LogP contribution in [0.15, 0.2) is 0 Å². The van der Waals surface area contributed by atoms with Gasteiger partial charge in [-0.2, -0.15) is 0 Å². The average Bonchev–Trinajstić information content (AvgIpc) is 2.28. The van der Waals surface area contributed by atoms with Crippen LogP contribution in [-0.2, 0) is 4.79 Å². The third-order valence-corrected chi connectivity index (χ3v) is 2.22. The summed E-state index contributed by atoms with van der Waals surface area (Å²) >= 11 is 0. The molecule has 1 fully saturated rings. The summed E-state index contributed by atoms with van der Waals surface area (Å²) in [7, 11) is 1.80. The van der Waals surface area contributed by atoms with Crippen molar-refractivity contribution in [3.05, 3.63) is 0 Å². The molecule has 0 aromatic carbocycles. The average molecular weight is 159 g/mol. The summed E-state index contributed by atoms with van der Waals surface area (Å²) in [5.74, 6) is 0.160. The third-order valence-electron chi connectivity index (χ3n) is 2.22. The van der Waals surface area contributed by atoms with Gasteiger partial charge in [-0.15, -0.1) is 0 Å². The second kappa shape index (κ2) is 3.30. The molecule has 3 heteroatoms. The van der Waals surface area contributed by atoms with Gasteiger partial charge in [0.25, 0.3) is 0 Å². The summed E-state index contributed by atoms with van der Waals surface area (Å²) in [6, 6.07) is -0.157. The van der Waals surface area contributed by atoms with Crippen molar-refractivity contribution in [2.24, 2.45) is 0 Å². The van der Waals surface area contributed by atoms with Crippen molar-refractivity contribution in [1.82, 2.24) is 4.90 Å². The van der Waals surface area contributed by atoms with Crippen molar-refractivity contribution in [3.8, 4) is 0 Å². The van der Waals surface area contributed by atoms with Gasteiger partial charge in [0.05, 0.1) is 6.04 Å². The maximum Gasteiger partial charge on any atom is 0.149 e. The molecule has 0 amide bonds. The van der Waals surface area contributed by atoms with E-state index in [2.05, 4.69) is 0 Å². The molecule has 0 aromatic rings. The van der Waals surface area contributed by atoms with Crippen LogP contribution in [0.25, 0.3) is 0 Å². The Morgan fingerprint density at radius 1 is 1.73 bits per heavy atom. The monoisotopic (exact) mass is 159 g/mol. The van der Waals surface area contributed by atoms with E-state index in [0.717, 1.165) is 0 Å². The second-order valence-corrected chi connectivity index (χ2v) is 3.11. The normalized spacial score (nSPS) is 32.6. The number of halogens is 1. The van der Waals surface area contributed by atoms with Crippen LogP contribution < -0.4 is 0 Å². The number of ketones is 1. The standard InChI is InChI=1S/C8H14FNO/c1-3-8(11)7-4-6(9)5-10(7)2/h6-7H,3-5H2,1-2H3/t6-,7+/m1/s1. The highest BCUT2D eigenvalue weighted by Gasteiger charge is 2.32. The molecular weight excluding hydrogens is 145 g/mol. The highest BCUT2D eigenvalue weighted by atomic mass is 19.1. The van der Waals surface area contributed by atoms with E-state index in [1.807, 2.05) is 6.92 Å². The maximum absolute atomic E-state index is 12.7. The number of likely N-dealkylation sites (tertiary alicyclic amines) is 1. The van der Waals surface area contributed by atoms with Gasteiger partial charge >= 0.3 is 0 Å². The van der Waals surface area contributed by atoms with Gasteiger partial charge < -0.3 is 0 Å². The summed E-state index contributed by atoms with van der Waals surface area (Å²) < 4.78 is 12.7. The zero-order valence-corrected chi connectivity index (χ0v) is 7.01. The highest BCUT2D eigenvalue weighted by molar-refractivity contribution is 5.84. The van der Waals surface area contributed by atoms with Gasteiger partial charge in [-0.3, -0.25) is 9.69 Å². The SMILES string of the molecule is CCC(=O)[C@@H]1C[C@@H](F)CN1C. The molecule has 1 aliphatic heterocycles. The fourth-order valence-electron chi connectivity index (χ4n) is 1.55. The molecule has 0 saturated carbocycles. The molecule has 1 rings (SSSR count). The van der Waals surface area contributed by atoms with E-state index in [1.54, 1.807) is 11.9 Å². The number of Topliss-reactive ketones (excluding diaryl/α,β-unsaturated/α-hetero) is 1. The van der Waals surface area contributed by atoms with Gasteiger partial charge in [-0.05, 0) is 7.05 Å². The van der Waals surface area contributed by atoms with Crippen molar-refractivity contribution < 1.29 is 9.18 Å². The summed E-state index contributed by atoms with van der Waals surface area (Å²) in [6.45, 7) is 2.23. The molecule has 1 heterocycles. The first kappa shape index (κ1) is 8.65. The zero-order valence-electron chi connectivity index (χ0n) is 7.01. The zero-order chi connectivity index (χ0) is 8.43. The van der Waals surface area contributed by atoms with Crippen LogP contribution in [0.4, 0.5) is 4.39 Å². The Morgan fingerprint density at radius 2 is 2.36 bits per heavy atom. The number of rotatable bonds is 2. The molecule has 2 nitrogen and oxygen atoms in total. The van der Waals surface area contributed by atoms with E-state index in [-0.39, 0.29) is 11.8 Å². The van der Waals surface area contributed by atoms with Crippen LogP contribution in [0, 0.1) is 0 Å². The first-order valence-corrected chi connectivity index (χ1v) is 4.02. The summed E-state index contributed by atoms with van der Waals surface area (Å²) in [6.07, 6.45) is 0.103. The minimum Gasteiger partial charge on any atom is -0.298 e. The molecular formula is C8H14FNO. The predicted octanol–water partition coefficient (Wildman–Crippen LogP) is 1.01. The summed E-state index contributed by atoms with van der Waals surface area (Å²) in [5.41, 5.74) is 0. The Morgan fingerprint density at radius 3 is 2.73 bits per heavy atom. The molecule has 2 atom stereocenters. The minimum atomic E-state index is -0.805. The lowest BCUT2D eigenvalue weighted by molar-refractivity contribution is -0.122. The highest BCUT2D eigenvalue weighted by Crippen LogP contribution is 2.19. The van der Waals surface area contributed by atoms with Gasteiger partial charge in [0, 0.05) is 19.4 Å². The third kappa shape index (κ3) is 1.77. The van der Waals surface area contributed by atoms with Crippen molar-refractivity contribution in [1.29, 1.82) is 0 Å². The Labute approximate surface area is 66.4 Å². The number of hydrogen-bond acceptors (Lipinski definition) is 2. The minimum absolute atomic E-state index is 0.157. The molecule has 0 aliphatic carbocycles. The summed E-state index contributed by atoms with van der Waals surface area (Å²) in [4.78, 5) is 13.0. The number of carbonyl (C=O) groups is 1. The lowest BCUT2D eigenvalue weighted by Gasteiger charge is -2.15. The Kier molecular flexibility index (Phi) is 2.60. The maximum atomic E-state index is 12.7. The first-order valence-electron chi connectivity index (χ1n) is 4.02. The van der Waals surface area contributed by atoms with Crippen LogP contribution in [-0.4, -0.2) is 36.5 Å². The fourth-order valence-corrected chi connectivity index (χ4v) is 1.55. The van der Waals surface area contributed by atoms with Crippen molar-refractivity contribution in [2.45, 2.75) is 32.0 Å². The predicted molar refractivity (Wildman–Crippen MR) is 41.2 cm³/mol. The van der Waals surface area contributed by atoms with E-state index < -0.39 is 6.17 Å². The van der Waals surface area contributed by atoms with E-state index >= 15 is 0 Å². The van der Waals surface area contributed by atoms with Gasteiger partial charge in [-0.25, -0.2) is 4.39 Å². The van der Waals surface area contributed by atoms with Crippen LogP contribution in [0.3, 0.4) is 0 Å². The fraction of sp³-hybridized carbons (Fsp3) is 0.875. The number of alkyl halides is 1. The Balaban J connectivity index is 2.52. The Hall–Kier alpha value is -0.440. The number of hydrogen-bond donors (Lipinski definition) is 0. The van der Waals surface area contributed by atoms with Gasteiger partial charge in [0.1, 0.15) is 12.0 Å². The second-order valence-electron chi connectivity index (χ2n) is 3.11. The van der Waals surface area contributed by atoms with Crippen molar-refractivity contribution >= 4 is 5.78 Å². The van der Waals surface area contributed by atoms with E-state index in [4.69, 9.17) is 0 Å². The van der Waals surface area contributed by atoms with Gasteiger partial charge in [0.15, 0.2) is 0 Å². The summed E-state index contributed by atoms with van der Waals surface area (Å²) in [5, 5.41) is 0. The molecule has 1 saturated heterocycles. The van der Waals surface area contributed by atoms with Crippen molar-refractivity contribution in [2.75, 3.05) is 13.6 Å². The molecule has 0 radical (unpaired) electrons. The van der Waals surface area contributed by atoms with Gasteiger partial charge in [0.2, 0.25) is 0 Å². The molecule has 0 aromatic heterocycles. The smallest absolute Gasteiger partial charge is 0.149 e. The lowest BCUT2D eigenvalue weighted by atomic mass is 10.1. The van der Waals surface area contributed by atoms with E-state index in [0.29, 0.717) is 19.4 Å². The van der Waals surface area contributed by atoms with Gasteiger partial charge in [-0.1, -0.05) is 6.92 Å². The number of nitrogens with zero attached hydrogens (tertiary/aromatic N) is 1. The lowest BCUT2D eigenvalue weighted by Crippen LogP contribution is -2.32. The largest absolute Gasteiger partial charge is 0.298 e. The molecule has 0 spiro atoms. The van der Waals surface area contributed by atoms with E-state index in [9.17, 15) is 9.18 Å². The van der Waals surface area contributed by atoms with Crippen LogP contribution >= 0.6 is 0 Å². The van der Waals surface area contributed by atoms with Crippen LogP contribution in [0.1, 0.15) is 19.8 Å². The Bertz CT molecular complexity index is 160. The molecule has 64 valence electrons. The van der Waals surface area contributed by atoms with Crippen LogP contribution in [0.2, 0.25) is 0 Å². The first-order chi connectivity index (χ1) is 5.15. The molecule has 0 unspecified atom stereocenters.